The lowest BCUT2D eigenvalue weighted by Gasteiger charge is -2.06. The number of fused-ring (bicyclic) bond motifs is 1. The summed E-state index contributed by atoms with van der Waals surface area (Å²) in [5.41, 5.74) is 0.928. The maximum absolute atomic E-state index is 11.2. The van der Waals surface area contributed by atoms with Crippen molar-refractivity contribution in [2.45, 2.75) is 13.5 Å². The second kappa shape index (κ2) is 5.49. The Bertz CT molecular complexity index is 814. The Hall–Kier alpha value is -2.47. The second-order valence-electron chi connectivity index (χ2n) is 4.59. The number of nitrogens with zero attached hydrogens (tertiary/aromatic N) is 2. The van der Waals surface area contributed by atoms with Crippen LogP contribution in [0.4, 0.5) is 5.82 Å². The van der Waals surface area contributed by atoms with Gasteiger partial charge in [0.2, 0.25) is 0 Å². The molecule has 0 aliphatic rings. The predicted molar refractivity (Wildman–Crippen MR) is 82.9 cm³/mol. The fourth-order valence-electron chi connectivity index (χ4n) is 2.09. The van der Waals surface area contributed by atoms with Crippen LogP contribution in [0.25, 0.3) is 10.9 Å². The lowest BCUT2D eigenvalue weighted by molar-refractivity contribution is 0.0699. The van der Waals surface area contributed by atoms with E-state index in [2.05, 4.69) is 15.3 Å². The normalized spacial score (nSPS) is 10.7. The van der Waals surface area contributed by atoms with Gasteiger partial charge in [-0.2, -0.15) is 0 Å². The van der Waals surface area contributed by atoms with Crippen molar-refractivity contribution >= 4 is 34.0 Å². The van der Waals surface area contributed by atoms with Gasteiger partial charge in [-0.3, -0.25) is 0 Å². The SMILES string of the molecule is Cc1cnc(CNc2ccc3c(C(=O)O)cccc3n2)s1. The van der Waals surface area contributed by atoms with Crippen LogP contribution in [0.3, 0.4) is 0 Å². The molecule has 0 saturated heterocycles. The molecule has 2 N–H and O–H groups in total. The number of carboxylic acid groups (broad SMARTS) is 1. The Morgan fingerprint density at radius 1 is 1.33 bits per heavy atom. The molecule has 0 aliphatic heterocycles. The van der Waals surface area contributed by atoms with Gasteiger partial charge in [0.1, 0.15) is 10.8 Å². The molecular weight excluding hydrogens is 286 g/mol. The van der Waals surface area contributed by atoms with Crippen LogP contribution in [0.5, 0.6) is 0 Å². The number of aromatic carboxylic acids is 1. The zero-order valence-corrected chi connectivity index (χ0v) is 12.1. The molecule has 0 unspecified atom stereocenters. The number of nitrogens with one attached hydrogen (secondary N) is 1. The summed E-state index contributed by atoms with van der Waals surface area (Å²) in [6, 6.07) is 8.65. The molecule has 2 heterocycles. The highest BCUT2D eigenvalue weighted by Gasteiger charge is 2.09. The minimum Gasteiger partial charge on any atom is -0.478 e. The molecule has 6 heteroatoms. The number of pyridine rings is 1. The van der Waals surface area contributed by atoms with E-state index in [1.54, 1.807) is 41.7 Å². The summed E-state index contributed by atoms with van der Waals surface area (Å²) in [5, 5.41) is 14.0. The number of carbonyl (C=O) groups is 1. The third-order valence-corrected chi connectivity index (χ3v) is 3.96. The van der Waals surface area contributed by atoms with Gasteiger partial charge in [-0.15, -0.1) is 11.3 Å². The second-order valence-corrected chi connectivity index (χ2v) is 5.91. The van der Waals surface area contributed by atoms with Gasteiger partial charge in [-0.05, 0) is 31.2 Å². The molecule has 0 fully saturated rings. The quantitative estimate of drug-likeness (QED) is 0.773. The van der Waals surface area contributed by atoms with Crippen LogP contribution in [0.2, 0.25) is 0 Å². The van der Waals surface area contributed by atoms with Crippen molar-refractivity contribution in [3.05, 3.63) is 52.0 Å². The first-order valence-electron chi connectivity index (χ1n) is 6.42. The first-order valence-corrected chi connectivity index (χ1v) is 7.23. The zero-order chi connectivity index (χ0) is 14.8. The molecule has 3 rings (SSSR count). The van der Waals surface area contributed by atoms with Gasteiger partial charge in [-0.25, -0.2) is 14.8 Å². The molecule has 1 aromatic carbocycles. The van der Waals surface area contributed by atoms with Gasteiger partial charge in [0.25, 0.3) is 0 Å². The first-order chi connectivity index (χ1) is 10.1. The average molecular weight is 299 g/mol. The topological polar surface area (TPSA) is 75.1 Å². The summed E-state index contributed by atoms with van der Waals surface area (Å²) >= 11 is 1.64. The number of aromatic nitrogens is 2. The lowest BCUT2D eigenvalue weighted by atomic mass is 10.1. The standard InChI is InChI=1S/C15H13N3O2S/c1-9-7-17-14(21-9)8-16-13-6-5-10-11(15(19)20)3-2-4-12(10)18-13/h2-7H,8H2,1H3,(H,16,18)(H,19,20). The zero-order valence-electron chi connectivity index (χ0n) is 11.3. The van der Waals surface area contributed by atoms with Crippen molar-refractivity contribution in [2.75, 3.05) is 5.32 Å². The number of hydrogen-bond acceptors (Lipinski definition) is 5. The summed E-state index contributed by atoms with van der Waals surface area (Å²) in [5.74, 6) is -0.237. The number of aryl methyl sites for hydroxylation is 1. The van der Waals surface area contributed by atoms with Gasteiger partial charge in [0, 0.05) is 16.5 Å². The number of benzene rings is 1. The Kier molecular flexibility index (Phi) is 3.53. The summed E-state index contributed by atoms with van der Waals surface area (Å²) in [6.45, 7) is 2.62. The summed E-state index contributed by atoms with van der Waals surface area (Å²) in [7, 11) is 0. The van der Waals surface area contributed by atoms with E-state index < -0.39 is 5.97 Å². The smallest absolute Gasteiger partial charge is 0.336 e. The molecule has 0 radical (unpaired) electrons. The maximum atomic E-state index is 11.2. The summed E-state index contributed by atoms with van der Waals surface area (Å²) in [6.07, 6.45) is 1.84. The fraction of sp³-hybridized carbons (Fsp3) is 0.133. The molecule has 0 aliphatic carbocycles. The average Bonchev–Trinajstić information content (AvgIpc) is 2.89. The molecule has 0 spiro atoms. The van der Waals surface area contributed by atoms with Crippen LogP contribution in [-0.2, 0) is 6.54 Å². The molecule has 0 amide bonds. The highest BCUT2D eigenvalue weighted by molar-refractivity contribution is 7.11. The van der Waals surface area contributed by atoms with Crippen molar-refractivity contribution in [1.29, 1.82) is 0 Å². The van der Waals surface area contributed by atoms with Crippen LogP contribution < -0.4 is 5.32 Å². The molecule has 5 nitrogen and oxygen atoms in total. The molecular formula is C15H13N3O2S. The molecule has 3 aromatic rings. The van der Waals surface area contributed by atoms with Gasteiger partial charge in [0.05, 0.1) is 17.6 Å². The van der Waals surface area contributed by atoms with Gasteiger partial charge >= 0.3 is 5.97 Å². The Labute approximate surface area is 125 Å². The van der Waals surface area contributed by atoms with Gasteiger partial charge < -0.3 is 10.4 Å². The largest absolute Gasteiger partial charge is 0.478 e. The van der Waals surface area contributed by atoms with Crippen LogP contribution in [0.1, 0.15) is 20.2 Å². The Morgan fingerprint density at radius 3 is 2.90 bits per heavy atom. The van der Waals surface area contributed by atoms with E-state index in [0.717, 1.165) is 5.01 Å². The van der Waals surface area contributed by atoms with Crippen molar-refractivity contribution in [3.8, 4) is 0 Å². The van der Waals surface area contributed by atoms with E-state index in [4.69, 9.17) is 5.11 Å². The van der Waals surface area contributed by atoms with E-state index in [0.29, 0.717) is 23.3 Å². The predicted octanol–water partition coefficient (Wildman–Crippen LogP) is 3.31. The molecule has 0 saturated carbocycles. The van der Waals surface area contributed by atoms with E-state index in [-0.39, 0.29) is 5.56 Å². The van der Waals surface area contributed by atoms with E-state index in [1.807, 2.05) is 13.1 Å². The molecule has 21 heavy (non-hydrogen) atoms. The number of rotatable bonds is 4. The fourth-order valence-corrected chi connectivity index (χ4v) is 2.82. The van der Waals surface area contributed by atoms with Crippen molar-refractivity contribution in [3.63, 3.8) is 0 Å². The third-order valence-electron chi connectivity index (χ3n) is 3.05. The maximum Gasteiger partial charge on any atom is 0.336 e. The van der Waals surface area contributed by atoms with Crippen molar-refractivity contribution < 1.29 is 9.90 Å². The number of thiazole rings is 1. The molecule has 0 bridgehead atoms. The van der Waals surface area contributed by atoms with Gasteiger partial charge in [-0.1, -0.05) is 6.07 Å². The van der Waals surface area contributed by atoms with Crippen LogP contribution in [0, 0.1) is 6.92 Å². The number of anilines is 1. The third kappa shape index (κ3) is 2.85. The highest BCUT2D eigenvalue weighted by atomic mass is 32.1. The van der Waals surface area contributed by atoms with Gasteiger partial charge in [0.15, 0.2) is 0 Å². The van der Waals surface area contributed by atoms with E-state index in [1.165, 1.54) is 4.88 Å². The van der Waals surface area contributed by atoms with E-state index in [9.17, 15) is 4.79 Å². The Balaban J connectivity index is 1.86. The minimum absolute atomic E-state index is 0.266. The van der Waals surface area contributed by atoms with Crippen LogP contribution in [0.15, 0.2) is 36.5 Å². The minimum atomic E-state index is -0.943. The highest BCUT2D eigenvalue weighted by Crippen LogP contribution is 2.20. The summed E-state index contributed by atoms with van der Waals surface area (Å²) in [4.78, 5) is 21.1. The summed E-state index contributed by atoms with van der Waals surface area (Å²) < 4.78 is 0. The van der Waals surface area contributed by atoms with Crippen LogP contribution >= 0.6 is 11.3 Å². The van der Waals surface area contributed by atoms with Crippen molar-refractivity contribution in [2.24, 2.45) is 0 Å². The van der Waals surface area contributed by atoms with Crippen molar-refractivity contribution in [1.82, 2.24) is 9.97 Å². The monoisotopic (exact) mass is 299 g/mol. The molecule has 2 aromatic heterocycles. The first kappa shape index (κ1) is 13.5. The lowest BCUT2D eigenvalue weighted by Crippen LogP contribution is -2.02. The molecule has 106 valence electrons. The van der Waals surface area contributed by atoms with Crippen LogP contribution in [-0.4, -0.2) is 21.0 Å². The number of hydrogen-bond donors (Lipinski definition) is 2. The Morgan fingerprint density at radius 2 is 2.19 bits per heavy atom. The van der Waals surface area contributed by atoms with E-state index >= 15 is 0 Å². The molecule has 0 atom stereocenters. The number of carboxylic acids is 1.